The maximum atomic E-state index is 13.1. The zero-order valence-electron chi connectivity index (χ0n) is 11.5. The van der Waals surface area contributed by atoms with Crippen molar-refractivity contribution < 1.29 is 13.9 Å². The lowest BCUT2D eigenvalue weighted by molar-refractivity contribution is 0.0570. The average molecular weight is 265 g/mol. The Balaban J connectivity index is 2.10. The van der Waals surface area contributed by atoms with E-state index < -0.39 is 0 Å². The predicted octanol–water partition coefficient (Wildman–Crippen LogP) is 2.63. The van der Waals surface area contributed by atoms with E-state index in [1.165, 1.54) is 12.1 Å². The van der Waals surface area contributed by atoms with Crippen molar-refractivity contribution in [3.63, 3.8) is 0 Å². The van der Waals surface area contributed by atoms with Crippen LogP contribution in [0, 0.1) is 18.7 Å². The van der Waals surface area contributed by atoms with Crippen LogP contribution in [-0.4, -0.2) is 37.6 Å². The molecule has 0 N–H and O–H groups in total. The molecule has 0 aromatic heterocycles. The normalized spacial score (nSPS) is 19.5. The molecule has 0 radical (unpaired) electrons. The van der Waals surface area contributed by atoms with Gasteiger partial charge in [-0.1, -0.05) is 0 Å². The minimum absolute atomic E-state index is 0.00157. The summed E-state index contributed by atoms with van der Waals surface area (Å²) < 4.78 is 18.2. The van der Waals surface area contributed by atoms with Crippen LogP contribution >= 0.6 is 0 Å². The number of carbonyl (C=O) groups is 1. The van der Waals surface area contributed by atoms with E-state index in [0.717, 1.165) is 25.9 Å². The second-order valence-corrected chi connectivity index (χ2v) is 5.17. The van der Waals surface area contributed by atoms with Gasteiger partial charge >= 0.3 is 0 Å². The number of benzene rings is 1. The van der Waals surface area contributed by atoms with Crippen LogP contribution in [0.5, 0.6) is 0 Å². The van der Waals surface area contributed by atoms with E-state index >= 15 is 0 Å². The van der Waals surface area contributed by atoms with Gasteiger partial charge in [0.1, 0.15) is 5.82 Å². The topological polar surface area (TPSA) is 29.5 Å². The highest BCUT2D eigenvalue weighted by atomic mass is 19.1. The smallest absolute Gasteiger partial charge is 0.254 e. The summed E-state index contributed by atoms with van der Waals surface area (Å²) in [6.07, 6.45) is 2.10. The van der Waals surface area contributed by atoms with Crippen LogP contribution < -0.4 is 0 Å². The minimum Gasteiger partial charge on any atom is -0.384 e. The van der Waals surface area contributed by atoms with Crippen LogP contribution in [-0.2, 0) is 4.74 Å². The summed E-state index contributed by atoms with van der Waals surface area (Å²) in [5, 5.41) is 0. The Morgan fingerprint density at radius 3 is 3.00 bits per heavy atom. The van der Waals surface area contributed by atoms with Gasteiger partial charge in [-0.3, -0.25) is 4.79 Å². The molecule has 1 aliphatic heterocycles. The molecule has 2 rings (SSSR count). The number of aryl methyl sites for hydroxylation is 1. The zero-order valence-corrected chi connectivity index (χ0v) is 11.5. The van der Waals surface area contributed by atoms with Crippen molar-refractivity contribution >= 4 is 5.91 Å². The van der Waals surface area contributed by atoms with Gasteiger partial charge in [0, 0.05) is 25.8 Å². The number of halogens is 1. The molecule has 1 aromatic rings. The molecule has 1 saturated heterocycles. The van der Waals surface area contributed by atoms with Gasteiger partial charge in [0.05, 0.1) is 6.61 Å². The van der Waals surface area contributed by atoms with E-state index in [1.54, 1.807) is 20.1 Å². The number of likely N-dealkylation sites (tertiary alicyclic amines) is 1. The molecule has 4 heteroatoms. The first-order chi connectivity index (χ1) is 9.11. The van der Waals surface area contributed by atoms with Gasteiger partial charge in [0.25, 0.3) is 5.91 Å². The lowest BCUT2D eigenvalue weighted by Crippen LogP contribution is -2.41. The summed E-state index contributed by atoms with van der Waals surface area (Å²) in [6.45, 7) is 3.96. The minimum atomic E-state index is -0.301. The molecule has 0 aliphatic carbocycles. The van der Waals surface area contributed by atoms with Crippen molar-refractivity contribution in [2.75, 3.05) is 26.8 Å². The summed E-state index contributed by atoms with van der Waals surface area (Å²) in [5.74, 6) is 0.103. The number of carbonyl (C=O) groups excluding carboxylic acids is 1. The molecule has 0 bridgehead atoms. The number of hydrogen-bond acceptors (Lipinski definition) is 2. The van der Waals surface area contributed by atoms with Crippen molar-refractivity contribution in [1.82, 2.24) is 4.90 Å². The van der Waals surface area contributed by atoms with E-state index in [2.05, 4.69) is 0 Å². The van der Waals surface area contributed by atoms with Crippen molar-refractivity contribution in [3.05, 3.63) is 35.1 Å². The lowest BCUT2D eigenvalue weighted by Gasteiger charge is -2.32. The van der Waals surface area contributed by atoms with E-state index in [0.29, 0.717) is 23.7 Å². The Morgan fingerprint density at radius 2 is 2.32 bits per heavy atom. The molecule has 1 amide bonds. The van der Waals surface area contributed by atoms with Crippen molar-refractivity contribution in [1.29, 1.82) is 0 Å². The SMILES string of the molecule is COCC1CCCN(C(=O)c2ccc(F)cc2C)C1. The molecule has 104 valence electrons. The molecule has 0 spiro atoms. The van der Waals surface area contributed by atoms with Crippen LogP contribution in [0.25, 0.3) is 0 Å². The van der Waals surface area contributed by atoms with E-state index in [1.807, 2.05) is 4.90 Å². The Kier molecular flexibility index (Phi) is 4.53. The lowest BCUT2D eigenvalue weighted by atomic mass is 9.97. The monoisotopic (exact) mass is 265 g/mol. The first-order valence-electron chi connectivity index (χ1n) is 6.66. The summed E-state index contributed by atoms with van der Waals surface area (Å²) in [5.41, 5.74) is 1.29. The fourth-order valence-electron chi connectivity index (χ4n) is 2.66. The van der Waals surface area contributed by atoms with E-state index in [-0.39, 0.29) is 11.7 Å². The Morgan fingerprint density at radius 1 is 1.53 bits per heavy atom. The fraction of sp³-hybridized carbons (Fsp3) is 0.533. The third-order valence-electron chi connectivity index (χ3n) is 3.63. The summed E-state index contributed by atoms with van der Waals surface area (Å²) in [4.78, 5) is 14.3. The summed E-state index contributed by atoms with van der Waals surface area (Å²) >= 11 is 0. The quantitative estimate of drug-likeness (QED) is 0.841. The highest BCUT2D eigenvalue weighted by Gasteiger charge is 2.25. The Labute approximate surface area is 113 Å². The van der Waals surface area contributed by atoms with Crippen LogP contribution in [0.15, 0.2) is 18.2 Å². The molecule has 1 unspecified atom stereocenters. The molecular formula is C15H20FNO2. The third kappa shape index (κ3) is 3.32. The molecule has 1 aliphatic rings. The van der Waals surface area contributed by atoms with Gasteiger partial charge < -0.3 is 9.64 Å². The number of piperidine rings is 1. The molecule has 19 heavy (non-hydrogen) atoms. The van der Waals surface area contributed by atoms with Crippen LogP contribution in [0.1, 0.15) is 28.8 Å². The predicted molar refractivity (Wildman–Crippen MR) is 71.6 cm³/mol. The van der Waals surface area contributed by atoms with Crippen LogP contribution in [0.3, 0.4) is 0 Å². The maximum absolute atomic E-state index is 13.1. The molecule has 1 aromatic carbocycles. The van der Waals surface area contributed by atoms with Gasteiger partial charge in [0.15, 0.2) is 0 Å². The summed E-state index contributed by atoms with van der Waals surface area (Å²) in [6, 6.07) is 4.33. The fourth-order valence-corrected chi connectivity index (χ4v) is 2.66. The number of nitrogens with zero attached hydrogens (tertiary/aromatic N) is 1. The molecule has 0 saturated carbocycles. The third-order valence-corrected chi connectivity index (χ3v) is 3.63. The molecule has 1 heterocycles. The standard InChI is InChI=1S/C15H20FNO2/c1-11-8-13(16)5-6-14(11)15(18)17-7-3-4-12(9-17)10-19-2/h5-6,8,12H,3-4,7,9-10H2,1-2H3. The average Bonchev–Trinajstić information content (AvgIpc) is 2.39. The molecule has 1 fully saturated rings. The number of amides is 1. The van der Waals surface area contributed by atoms with Gasteiger partial charge in [-0.25, -0.2) is 4.39 Å². The number of methoxy groups -OCH3 is 1. The zero-order chi connectivity index (χ0) is 13.8. The number of ether oxygens (including phenoxy) is 1. The van der Waals surface area contributed by atoms with Crippen molar-refractivity contribution in [3.8, 4) is 0 Å². The van der Waals surface area contributed by atoms with Gasteiger partial charge in [-0.2, -0.15) is 0 Å². The first kappa shape index (κ1) is 14.0. The number of hydrogen-bond donors (Lipinski definition) is 0. The van der Waals surface area contributed by atoms with E-state index in [4.69, 9.17) is 4.74 Å². The Hall–Kier alpha value is -1.42. The molecule has 3 nitrogen and oxygen atoms in total. The highest BCUT2D eigenvalue weighted by Crippen LogP contribution is 2.20. The van der Waals surface area contributed by atoms with Crippen LogP contribution in [0.4, 0.5) is 4.39 Å². The van der Waals surface area contributed by atoms with E-state index in [9.17, 15) is 9.18 Å². The van der Waals surface area contributed by atoms with Gasteiger partial charge in [0.2, 0.25) is 0 Å². The Bertz CT molecular complexity index is 459. The van der Waals surface area contributed by atoms with Crippen LogP contribution in [0.2, 0.25) is 0 Å². The first-order valence-corrected chi connectivity index (χ1v) is 6.66. The molecule has 1 atom stereocenters. The van der Waals surface area contributed by atoms with Gasteiger partial charge in [-0.15, -0.1) is 0 Å². The molecular weight excluding hydrogens is 245 g/mol. The largest absolute Gasteiger partial charge is 0.384 e. The van der Waals surface area contributed by atoms with Gasteiger partial charge in [-0.05, 0) is 49.4 Å². The summed E-state index contributed by atoms with van der Waals surface area (Å²) in [7, 11) is 1.69. The number of rotatable bonds is 3. The maximum Gasteiger partial charge on any atom is 0.254 e. The van der Waals surface area contributed by atoms with Crippen molar-refractivity contribution in [2.24, 2.45) is 5.92 Å². The highest BCUT2D eigenvalue weighted by molar-refractivity contribution is 5.95. The second-order valence-electron chi connectivity index (χ2n) is 5.17. The van der Waals surface area contributed by atoms with Crippen molar-refractivity contribution in [2.45, 2.75) is 19.8 Å². The second kappa shape index (κ2) is 6.15.